The van der Waals surface area contributed by atoms with E-state index in [0.717, 1.165) is 24.4 Å². The third-order valence-corrected chi connectivity index (χ3v) is 3.85. The fourth-order valence-electron chi connectivity index (χ4n) is 2.90. The van der Waals surface area contributed by atoms with Gasteiger partial charge in [-0.2, -0.15) is 5.10 Å². The summed E-state index contributed by atoms with van der Waals surface area (Å²) in [6.07, 6.45) is 6.25. The van der Waals surface area contributed by atoms with Crippen LogP contribution in [-0.2, 0) is 6.54 Å². The van der Waals surface area contributed by atoms with Gasteiger partial charge in [-0.1, -0.05) is 6.42 Å². The lowest BCUT2D eigenvalue weighted by atomic mass is 10.2. The number of hydrogen-bond donors (Lipinski definition) is 2. The Balaban J connectivity index is 1.54. The van der Waals surface area contributed by atoms with E-state index >= 15 is 0 Å². The molecule has 1 aromatic heterocycles. The summed E-state index contributed by atoms with van der Waals surface area (Å²) < 4.78 is 0. The molecule has 0 amide bonds. The first-order valence-electron chi connectivity index (χ1n) is 5.58. The highest BCUT2D eigenvalue weighted by atomic mass is 15.1. The van der Waals surface area contributed by atoms with Crippen molar-refractivity contribution in [3.05, 3.63) is 17.5 Å². The van der Waals surface area contributed by atoms with Gasteiger partial charge in [-0.25, -0.2) is 0 Å². The molecule has 3 heteroatoms. The molecule has 3 rings (SSSR count). The zero-order valence-corrected chi connectivity index (χ0v) is 8.59. The highest BCUT2D eigenvalue weighted by Crippen LogP contribution is 2.51. The molecule has 76 valence electrons. The van der Waals surface area contributed by atoms with E-state index in [1.807, 2.05) is 6.20 Å². The van der Waals surface area contributed by atoms with Crippen molar-refractivity contribution in [3.63, 3.8) is 0 Å². The van der Waals surface area contributed by atoms with E-state index in [1.165, 1.54) is 30.5 Å². The van der Waals surface area contributed by atoms with Crippen molar-refractivity contribution in [2.75, 3.05) is 0 Å². The van der Waals surface area contributed by atoms with Crippen LogP contribution in [-0.4, -0.2) is 16.2 Å². The van der Waals surface area contributed by atoms with Gasteiger partial charge in [0.2, 0.25) is 0 Å². The molecule has 2 saturated carbocycles. The Morgan fingerprint density at radius 2 is 2.29 bits per heavy atom. The molecular formula is C11H17N3. The van der Waals surface area contributed by atoms with E-state index in [9.17, 15) is 0 Å². The van der Waals surface area contributed by atoms with Gasteiger partial charge in [0.15, 0.2) is 0 Å². The Morgan fingerprint density at radius 1 is 1.50 bits per heavy atom. The SMILES string of the molecule is Cc1cn[nH]c1CNC1C2CCCC21. The predicted molar refractivity (Wildman–Crippen MR) is 54.8 cm³/mol. The third-order valence-electron chi connectivity index (χ3n) is 3.85. The number of aromatic amines is 1. The van der Waals surface area contributed by atoms with Crippen LogP contribution in [0.4, 0.5) is 0 Å². The second-order valence-corrected chi connectivity index (χ2v) is 4.70. The minimum atomic E-state index is 0.812. The summed E-state index contributed by atoms with van der Waals surface area (Å²) in [6, 6.07) is 0.812. The van der Waals surface area contributed by atoms with Crippen molar-refractivity contribution in [3.8, 4) is 0 Å². The van der Waals surface area contributed by atoms with Crippen LogP contribution in [0.2, 0.25) is 0 Å². The van der Waals surface area contributed by atoms with Crippen LogP contribution in [0.1, 0.15) is 30.5 Å². The molecule has 2 unspecified atom stereocenters. The smallest absolute Gasteiger partial charge is 0.0519 e. The minimum absolute atomic E-state index is 0.812. The first-order chi connectivity index (χ1) is 6.86. The average Bonchev–Trinajstić information content (AvgIpc) is 2.57. The Bertz CT molecular complexity index is 321. The van der Waals surface area contributed by atoms with Crippen molar-refractivity contribution >= 4 is 0 Å². The number of nitrogens with zero attached hydrogens (tertiary/aromatic N) is 1. The predicted octanol–water partition coefficient (Wildman–Crippen LogP) is 1.61. The summed E-state index contributed by atoms with van der Waals surface area (Å²) in [5.74, 6) is 2.00. The summed E-state index contributed by atoms with van der Waals surface area (Å²) in [7, 11) is 0. The molecule has 0 aromatic carbocycles. The Kier molecular flexibility index (Phi) is 1.87. The zero-order valence-electron chi connectivity index (χ0n) is 8.59. The maximum absolute atomic E-state index is 4.03. The monoisotopic (exact) mass is 191 g/mol. The van der Waals surface area contributed by atoms with E-state index in [1.54, 1.807) is 0 Å². The molecule has 2 atom stereocenters. The number of aryl methyl sites for hydroxylation is 1. The quantitative estimate of drug-likeness (QED) is 0.762. The maximum Gasteiger partial charge on any atom is 0.0519 e. The summed E-state index contributed by atoms with van der Waals surface area (Å²) in [5.41, 5.74) is 2.51. The summed E-state index contributed by atoms with van der Waals surface area (Å²) in [4.78, 5) is 0. The average molecular weight is 191 g/mol. The van der Waals surface area contributed by atoms with Crippen molar-refractivity contribution in [1.29, 1.82) is 0 Å². The summed E-state index contributed by atoms with van der Waals surface area (Å²) in [5, 5.41) is 10.7. The second kappa shape index (κ2) is 3.09. The summed E-state index contributed by atoms with van der Waals surface area (Å²) in [6.45, 7) is 3.07. The lowest BCUT2D eigenvalue weighted by Gasteiger charge is -2.05. The van der Waals surface area contributed by atoms with Crippen molar-refractivity contribution < 1.29 is 0 Å². The van der Waals surface area contributed by atoms with Crippen LogP contribution in [0, 0.1) is 18.8 Å². The third kappa shape index (κ3) is 1.27. The van der Waals surface area contributed by atoms with Gasteiger partial charge >= 0.3 is 0 Å². The highest BCUT2D eigenvalue weighted by Gasteiger charge is 2.51. The molecule has 1 heterocycles. The van der Waals surface area contributed by atoms with E-state index in [2.05, 4.69) is 22.4 Å². The molecule has 2 fully saturated rings. The van der Waals surface area contributed by atoms with Crippen molar-refractivity contribution in [2.24, 2.45) is 11.8 Å². The first-order valence-corrected chi connectivity index (χ1v) is 5.58. The van der Waals surface area contributed by atoms with Gasteiger partial charge in [0.25, 0.3) is 0 Å². The molecule has 0 spiro atoms. The number of rotatable bonds is 3. The zero-order chi connectivity index (χ0) is 9.54. The lowest BCUT2D eigenvalue weighted by molar-refractivity contribution is 0.554. The molecule has 2 aliphatic carbocycles. The Labute approximate surface area is 84.3 Å². The van der Waals surface area contributed by atoms with E-state index in [0.29, 0.717) is 0 Å². The van der Waals surface area contributed by atoms with Crippen LogP contribution >= 0.6 is 0 Å². The molecule has 3 nitrogen and oxygen atoms in total. The Morgan fingerprint density at radius 3 is 2.93 bits per heavy atom. The van der Waals surface area contributed by atoms with Crippen LogP contribution < -0.4 is 5.32 Å². The molecule has 14 heavy (non-hydrogen) atoms. The standard InChI is InChI=1S/C11H17N3/c1-7-5-13-14-10(7)6-12-11-8-3-2-4-9(8)11/h5,8-9,11-12H,2-4,6H2,1H3,(H,13,14). The number of fused-ring (bicyclic) bond motifs is 1. The van der Waals surface area contributed by atoms with E-state index in [-0.39, 0.29) is 0 Å². The highest BCUT2D eigenvalue weighted by molar-refractivity contribution is 5.15. The molecule has 2 aliphatic rings. The largest absolute Gasteiger partial charge is 0.308 e. The van der Waals surface area contributed by atoms with Crippen molar-refractivity contribution in [1.82, 2.24) is 15.5 Å². The van der Waals surface area contributed by atoms with Gasteiger partial charge in [0.1, 0.15) is 0 Å². The van der Waals surface area contributed by atoms with Gasteiger partial charge in [-0.3, -0.25) is 5.10 Å². The molecular weight excluding hydrogens is 174 g/mol. The van der Waals surface area contributed by atoms with Gasteiger partial charge in [-0.15, -0.1) is 0 Å². The number of aromatic nitrogens is 2. The van der Waals surface area contributed by atoms with Crippen LogP contribution in [0.5, 0.6) is 0 Å². The maximum atomic E-state index is 4.03. The normalized spacial score (nSPS) is 34.5. The Hall–Kier alpha value is -0.830. The van der Waals surface area contributed by atoms with Gasteiger partial charge in [0.05, 0.1) is 11.9 Å². The number of nitrogens with one attached hydrogen (secondary N) is 2. The molecule has 2 N–H and O–H groups in total. The molecule has 0 saturated heterocycles. The first kappa shape index (κ1) is 8.48. The van der Waals surface area contributed by atoms with Crippen LogP contribution in [0.3, 0.4) is 0 Å². The molecule has 0 bridgehead atoms. The number of hydrogen-bond acceptors (Lipinski definition) is 2. The fourth-order valence-corrected chi connectivity index (χ4v) is 2.90. The van der Waals surface area contributed by atoms with Gasteiger partial charge in [0, 0.05) is 12.6 Å². The fraction of sp³-hybridized carbons (Fsp3) is 0.727. The van der Waals surface area contributed by atoms with Crippen LogP contribution in [0.15, 0.2) is 6.20 Å². The van der Waals surface area contributed by atoms with Gasteiger partial charge < -0.3 is 5.32 Å². The van der Waals surface area contributed by atoms with Crippen molar-refractivity contribution in [2.45, 2.75) is 38.8 Å². The number of H-pyrrole nitrogens is 1. The second-order valence-electron chi connectivity index (χ2n) is 4.70. The van der Waals surface area contributed by atoms with Gasteiger partial charge in [-0.05, 0) is 37.2 Å². The van der Waals surface area contributed by atoms with E-state index < -0.39 is 0 Å². The topological polar surface area (TPSA) is 40.7 Å². The molecule has 0 aliphatic heterocycles. The molecule has 0 radical (unpaired) electrons. The molecule has 1 aromatic rings. The summed E-state index contributed by atoms with van der Waals surface area (Å²) >= 11 is 0. The van der Waals surface area contributed by atoms with Crippen LogP contribution in [0.25, 0.3) is 0 Å². The van der Waals surface area contributed by atoms with E-state index in [4.69, 9.17) is 0 Å². The minimum Gasteiger partial charge on any atom is -0.308 e. The lowest BCUT2D eigenvalue weighted by Crippen LogP contribution is -2.20.